The molecule has 0 aliphatic rings. The van der Waals surface area contributed by atoms with Gasteiger partial charge in [-0.3, -0.25) is 4.79 Å². The van der Waals surface area contributed by atoms with Crippen LogP contribution in [0.4, 0.5) is 4.39 Å². The van der Waals surface area contributed by atoms with E-state index in [1.807, 2.05) is 20.8 Å². The van der Waals surface area contributed by atoms with Gasteiger partial charge >= 0.3 is 0 Å². The summed E-state index contributed by atoms with van der Waals surface area (Å²) < 4.78 is 40.2. The molecule has 1 N–H and O–H groups in total. The molecule has 0 spiro atoms. The molecule has 26 heavy (non-hydrogen) atoms. The van der Waals surface area contributed by atoms with Gasteiger partial charge in [-0.05, 0) is 50.6 Å². The topological polar surface area (TPSA) is 66.5 Å². The van der Waals surface area contributed by atoms with Crippen LogP contribution in [-0.2, 0) is 21.4 Å². The molecule has 0 fully saturated rings. The second kappa shape index (κ2) is 7.97. The van der Waals surface area contributed by atoms with Crippen LogP contribution in [-0.4, -0.2) is 30.7 Å². The van der Waals surface area contributed by atoms with Gasteiger partial charge in [0.05, 0.1) is 11.4 Å². The first-order chi connectivity index (χ1) is 12.1. The lowest BCUT2D eigenvalue weighted by atomic mass is 10.1. The highest BCUT2D eigenvalue weighted by atomic mass is 32.2. The van der Waals surface area contributed by atoms with Gasteiger partial charge in [-0.15, -0.1) is 0 Å². The minimum absolute atomic E-state index is 0.0327. The van der Waals surface area contributed by atoms with E-state index in [-0.39, 0.29) is 18.0 Å². The SMILES string of the molecule is CC(C)(C)NC(=O)CN(Cc1ccc(F)cc1)S(=O)(=O)c1ccccc1. The third-order valence-electron chi connectivity index (χ3n) is 3.49. The van der Waals surface area contributed by atoms with E-state index in [0.717, 1.165) is 4.31 Å². The number of amides is 1. The number of sulfonamides is 1. The van der Waals surface area contributed by atoms with Crippen LogP contribution in [0.2, 0.25) is 0 Å². The van der Waals surface area contributed by atoms with Crippen molar-refractivity contribution >= 4 is 15.9 Å². The molecular weight excluding hydrogens is 355 g/mol. The third kappa shape index (κ3) is 5.64. The van der Waals surface area contributed by atoms with Gasteiger partial charge in [0, 0.05) is 12.1 Å². The lowest BCUT2D eigenvalue weighted by molar-refractivity contribution is -0.122. The summed E-state index contributed by atoms with van der Waals surface area (Å²) in [6.45, 7) is 5.10. The molecule has 7 heteroatoms. The van der Waals surface area contributed by atoms with Crippen molar-refractivity contribution in [2.24, 2.45) is 0 Å². The highest BCUT2D eigenvalue weighted by Crippen LogP contribution is 2.18. The number of nitrogens with one attached hydrogen (secondary N) is 1. The Morgan fingerprint density at radius 3 is 2.15 bits per heavy atom. The summed E-state index contributed by atoms with van der Waals surface area (Å²) in [7, 11) is -3.88. The van der Waals surface area contributed by atoms with Crippen molar-refractivity contribution in [2.75, 3.05) is 6.54 Å². The van der Waals surface area contributed by atoms with Gasteiger partial charge in [-0.1, -0.05) is 30.3 Å². The predicted octanol–water partition coefficient (Wildman–Crippen LogP) is 2.93. The molecule has 0 unspecified atom stereocenters. The highest BCUT2D eigenvalue weighted by molar-refractivity contribution is 7.89. The second-order valence-corrected chi connectivity index (χ2v) is 8.95. The van der Waals surface area contributed by atoms with Gasteiger partial charge < -0.3 is 5.32 Å². The molecule has 0 aliphatic carbocycles. The summed E-state index contributed by atoms with van der Waals surface area (Å²) >= 11 is 0. The minimum Gasteiger partial charge on any atom is -0.350 e. The summed E-state index contributed by atoms with van der Waals surface area (Å²) in [5.74, 6) is -0.809. The smallest absolute Gasteiger partial charge is 0.243 e. The van der Waals surface area contributed by atoms with Crippen molar-refractivity contribution in [3.8, 4) is 0 Å². The largest absolute Gasteiger partial charge is 0.350 e. The number of nitrogens with zero attached hydrogens (tertiary/aromatic N) is 1. The molecule has 0 bridgehead atoms. The molecule has 2 aromatic rings. The number of hydrogen-bond donors (Lipinski definition) is 1. The van der Waals surface area contributed by atoms with Gasteiger partial charge in [0.1, 0.15) is 5.82 Å². The average Bonchev–Trinajstić information content (AvgIpc) is 2.55. The van der Waals surface area contributed by atoms with E-state index in [0.29, 0.717) is 5.56 Å². The molecule has 5 nitrogen and oxygen atoms in total. The van der Waals surface area contributed by atoms with E-state index < -0.39 is 27.3 Å². The fourth-order valence-corrected chi connectivity index (χ4v) is 3.78. The maximum absolute atomic E-state index is 13.1. The zero-order chi connectivity index (χ0) is 19.4. The summed E-state index contributed by atoms with van der Waals surface area (Å²) in [5, 5.41) is 2.76. The van der Waals surface area contributed by atoms with Gasteiger partial charge in [-0.25, -0.2) is 12.8 Å². The van der Waals surface area contributed by atoms with Gasteiger partial charge in [0.2, 0.25) is 15.9 Å². The lowest BCUT2D eigenvalue weighted by Crippen LogP contribution is -2.47. The standard InChI is InChI=1S/C19H23FN2O3S/c1-19(2,3)21-18(23)14-22(13-15-9-11-16(20)12-10-15)26(24,25)17-7-5-4-6-8-17/h4-12H,13-14H2,1-3H3,(H,21,23). The van der Waals surface area contributed by atoms with Crippen LogP contribution in [0, 0.1) is 5.82 Å². The molecule has 0 heterocycles. The Balaban J connectivity index is 2.31. The van der Waals surface area contributed by atoms with Crippen LogP contribution in [0.1, 0.15) is 26.3 Å². The Kier molecular flexibility index (Phi) is 6.15. The van der Waals surface area contributed by atoms with Crippen LogP contribution in [0.3, 0.4) is 0 Å². The minimum atomic E-state index is -3.88. The van der Waals surface area contributed by atoms with Crippen molar-refractivity contribution in [2.45, 2.75) is 37.8 Å². The lowest BCUT2D eigenvalue weighted by Gasteiger charge is -2.25. The number of carbonyl (C=O) groups is 1. The number of benzene rings is 2. The second-order valence-electron chi connectivity index (χ2n) is 7.01. The molecule has 0 saturated heterocycles. The molecule has 0 saturated carbocycles. The fraction of sp³-hybridized carbons (Fsp3) is 0.316. The first-order valence-corrected chi connectivity index (χ1v) is 9.62. The number of hydrogen-bond acceptors (Lipinski definition) is 3. The van der Waals surface area contributed by atoms with Crippen LogP contribution < -0.4 is 5.32 Å². The molecule has 2 aromatic carbocycles. The van der Waals surface area contributed by atoms with Crippen LogP contribution in [0.15, 0.2) is 59.5 Å². The molecular formula is C19H23FN2O3S. The number of halogens is 1. The van der Waals surface area contributed by atoms with Crippen molar-refractivity contribution in [1.29, 1.82) is 0 Å². The van der Waals surface area contributed by atoms with Crippen molar-refractivity contribution in [3.05, 3.63) is 66.0 Å². The Morgan fingerprint density at radius 1 is 1.04 bits per heavy atom. The molecule has 0 aromatic heterocycles. The Bertz CT molecular complexity index is 845. The van der Waals surface area contributed by atoms with Crippen LogP contribution in [0.5, 0.6) is 0 Å². The molecule has 2 rings (SSSR count). The average molecular weight is 378 g/mol. The Labute approximate surface area is 153 Å². The summed E-state index contributed by atoms with van der Waals surface area (Å²) in [6, 6.07) is 13.5. The summed E-state index contributed by atoms with van der Waals surface area (Å²) in [6.07, 6.45) is 0. The zero-order valence-corrected chi connectivity index (χ0v) is 15.9. The van der Waals surface area contributed by atoms with Crippen LogP contribution >= 0.6 is 0 Å². The molecule has 0 atom stereocenters. The normalized spacial score (nSPS) is 12.2. The Hall–Kier alpha value is -2.25. The van der Waals surface area contributed by atoms with E-state index in [1.165, 1.54) is 36.4 Å². The van der Waals surface area contributed by atoms with Crippen molar-refractivity contribution in [1.82, 2.24) is 9.62 Å². The van der Waals surface area contributed by atoms with Crippen molar-refractivity contribution < 1.29 is 17.6 Å². The van der Waals surface area contributed by atoms with E-state index in [9.17, 15) is 17.6 Å². The van der Waals surface area contributed by atoms with E-state index in [2.05, 4.69) is 5.32 Å². The van der Waals surface area contributed by atoms with E-state index in [1.54, 1.807) is 18.2 Å². The highest BCUT2D eigenvalue weighted by Gasteiger charge is 2.28. The molecule has 1 amide bonds. The summed E-state index contributed by atoms with van der Waals surface area (Å²) in [5.41, 5.74) is 0.115. The fourth-order valence-electron chi connectivity index (χ4n) is 2.38. The number of carbonyl (C=O) groups excluding carboxylic acids is 1. The van der Waals surface area contributed by atoms with Gasteiger partial charge in [-0.2, -0.15) is 4.31 Å². The summed E-state index contributed by atoms with van der Waals surface area (Å²) in [4.78, 5) is 12.4. The van der Waals surface area contributed by atoms with E-state index >= 15 is 0 Å². The van der Waals surface area contributed by atoms with Gasteiger partial charge in [0.25, 0.3) is 0 Å². The molecule has 140 valence electrons. The maximum atomic E-state index is 13.1. The first-order valence-electron chi connectivity index (χ1n) is 8.18. The third-order valence-corrected chi connectivity index (χ3v) is 5.29. The maximum Gasteiger partial charge on any atom is 0.243 e. The Morgan fingerprint density at radius 2 is 1.62 bits per heavy atom. The molecule has 0 radical (unpaired) electrons. The monoisotopic (exact) mass is 378 g/mol. The first kappa shape index (κ1) is 20.1. The molecule has 0 aliphatic heterocycles. The van der Waals surface area contributed by atoms with Gasteiger partial charge in [0.15, 0.2) is 0 Å². The number of rotatable bonds is 6. The van der Waals surface area contributed by atoms with E-state index in [4.69, 9.17) is 0 Å². The van der Waals surface area contributed by atoms with Crippen LogP contribution in [0.25, 0.3) is 0 Å². The zero-order valence-electron chi connectivity index (χ0n) is 15.1. The predicted molar refractivity (Wildman–Crippen MR) is 98.3 cm³/mol. The quantitative estimate of drug-likeness (QED) is 0.840. The van der Waals surface area contributed by atoms with Crippen molar-refractivity contribution in [3.63, 3.8) is 0 Å².